The van der Waals surface area contributed by atoms with E-state index in [9.17, 15) is 0 Å². The summed E-state index contributed by atoms with van der Waals surface area (Å²) in [4.78, 5) is 0. The minimum atomic E-state index is 0.416. The fourth-order valence-electron chi connectivity index (χ4n) is 2.75. The molecule has 2 rings (SSSR count). The molecule has 1 N–H and O–H groups in total. The summed E-state index contributed by atoms with van der Waals surface area (Å²) in [5, 5.41) is 7.88. The molecule has 1 saturated heterocycles. The first-order valence-corrected chi connectivity index (χ1v) is 7.88. The molecule has 19 heavy (non-hydrogen) atoms. The van der Waals surface area contributed by atoms with E-state index in [1.54, 1.807) is 0 Å². The van der Waals surface area contributed by atoms with Crippen molar-refractivity contribution in [3.8, 4) is 0 Å². The van der Waals surface area contributed by atoms with Gasteiger partial charge < -0.3 is 10.1 Å². The first-order chi connectivity index (χ1) is 9.11. The second-order valence-corrected chi connectivity index (χ2v) is 6.18. The average molecular weight is 330 g/mol. The highest BCUT2D eigenvalue weighted by atomic mass is 79.9. The molecule has 0 saturated carbocycles. The lowest BCUT2D eigenvalue weighted by atomic mass is 9.99. The van der Waals surface area contributed by atoms with E-state index in [0.717, 1.165) is 29.6 Å². The summed E-state index contributed by atoms with van der Waals surface area (Å²) in [6.45, 7) is 2.96. The predicted molar refractivity (Wildman–Crippen MR) is 80.4 cm³/mol. The monoisotopic (exact) mass is 329 g/mol. The molecule has 1 fully saturated rings. The maximum absolute atomic E-state index is 5.84. The number of nitrogens with zero attached hydrogens (tertiary/aromatic N) is 2. The van der Waals surface area contributed by atoms with Crippen LogP contribution in [0.4, 0.5) is 0 Å². The molecule has 2 heterocycles. The summed E-state index contributed by atoms with van der Waals surface area (Å²) >= 11 is 3.64. The molecule has 0 radical (unpaired) electrons. The Hall–Kier alpha value is -0.390. The fourth-order valence-corrected chi connectivity index (χ4v) is 3.25. The molecule has 1 aromatic heterocycles. The Morgan fingerprint density at radius 2 is 2.32 bits per heavy atom. The number of nitrogens with one attached hydrogen (secondary N) is 1. The third-order valence-electron chi connectivity index (χ3n) is 3.93. The van der Waals surface area contributed by atoms with Gasteiger partial charge in [-0.1, -0.05) is 0 Å². The molecule has 2 unspecified atom stereocenters. The molecular formula is C14H24BrN3O. The second kappa shape index (κ2) is 6.86. The summed E-state index contributed by atoms with van der Waals surface area (Å²) in [6.07, 6.45) is 6.19. The molecule has 0 aromatic carbocycles. The summed E-state index contributed by atoms with van der Waals surface area (Å²) in [6, 6.07) is 0.439. The van der Waals surface area contributed by atoms with E-state index in [1.807, 2.05) is 25.7 Å². The van der Waals surface area contributed by atoms with Crippen molar-refractivity contribution in [1.82, 2.24) is 15.1 Å². The summed E-state index contributed by atoms with van der Waals surface area (Å²) in [7, 11) is 4.04. The van der Waals surface area contributed by atoms with Gasteiger partial charge in [-0.25, -0.2) is 0 Å². The van der Waals surface area contributed by atoms with Crippen molar-refractivity contribution in [2.45, 2.75) is 51.2 Å². The SMILES string of the molecule is CNC(Cc1c(Br)c(C)nn1C)CC1CCCCO1. The van der Waals surface area contributed by atoms with Crippen molar-refractivity contribution in [3.63, 3.8) is 0 Å². The van der Waals surface area contributed by atoms with Crippen LogP contribution in [0.15, 0.2) is 4.47 Å². The third kappa shape index (κ3) is 3.80. The number of ether oxygens (including phenoxy) is 1. The molecule has 0 spiro atoms. The number of aryl methyl sites for hydroxylation is 2. The van der Waals surface area contributed by atoms with Gasteiger partial charge in [0.05, 0.1) is 22.0 Å². The number of hydrogen-bond acceptors (Lipinski definition) is 3. The van der Waals surface area contributed by atoms with Gasteiger partial charge >= 0.3 is 0 Å². The standard InChI is InChI=1S/C14H24BrN3O/c1-10-14(15)13(18(3)17-10)9-11(16-2)8-12-6-4-5-7-19-12/h11-12,16H,4-9H2,1-3H3. The van der Waals surface area contributed by atoms with Crippen LogP contribution in [0.1, 0.15) is 37.1 Å². The van der Waals surface area contributed by atoms with E-state index in [-0.39, 0.29) is 0 Å². The summed E-state index contributed by atoms with van der Waals surface area (Å²) in [5.74, 6) is 0. The van der Waals surface area contributed by atoms with Crippen LogP contribution >= 0.6 is 15.9 Å². The molecular weight excluding hydrogens is 306 g/mol. The molecule has 1 aliphatic heterocycles. The zero-order valence-corrected chi connectivity index (χ0v) is 13.7. The lowest BCUT2D eigenvalue weighted by molar-refractivity contribution is 0.00558. The van der Waals surface area contributed by atoms with Crippen molar-refractivity contribution in [3.05, 3.63) is 15.9 Å². The molecule has 5 heteroatoms. The normalized spacial score (nSPS) is 21.6. The van der Waals surface area contributed by atoms with E-state index in [2.05, 4.69) is 26.3 Å². The van der Waals surface area contributed by atoms with Crippen LogP contribution in [0.3, 0.4) is 0 Å². The maximum atomic E-state index is 5.84. The van der Waals surface area contributed by atoms with Gasteiger partial charge in [0.2, 0.25) is 0 Å². The van der Waals surface area contributed by atoms with Crippen LogP contribution in [0, 0.1) is 6.92 Å². The zero-order chi connectivity index (χ0) is 13.8. The Balaban J connectivity index is 1.98. The number of hydrogen-bond donors (Lipinski definition) is 1. The number of likely N-dealkylation sites (N-methyl/N-ethyl adjacent to an activating group) is 1. The van der Waals surface area contributed by atoms with Gasteiger partial charge in [0, 0.05) is 26.1 Å². The Bertz CT molecular complexity index is 413. The topological polar surface area (TPSA) is 39.1 Å². The Labute approximate surface area is 124 Å². The highest BCUT2D eigenvalue weighted by Crippen LogP contribution is 2.24. The van der Waals surface area contributed by atoms with Crippen LogP contribution in [-0.2, 0) is 18.2 Å². The quantitative estimate of drug-likeness (QED) is 0.902. The van der Waals surface area contributed by atoms with Crippen molar-refractivity contribution < 1.29 is 4.74 Å². The van der Waals surface area contributed by atoms with Crippen LogP contribution in [0.5, 0.6) is 0 Å². The highest BCUT2D eigenvalue weighted by Gasteiger charge is 2.21. The van der Waals surface area contributed by atoms with E-state index in [4.69, 9.17) is 4.74 Å². The number of halogens is 1. The molecule has 0 aliphatic carbocycles. The number of aromatic nitrogens is 2. The van der Waals surface area contributed by atoms with Gasteiger partial charge in [0.1, 0.15) is 0 Å². The van der Waals surface area contributed by atoms with E-state index in [1.165, 1.54) is 25.0 Å². The molecule has 0 amide bonds. The van der Waals surface area contributed by atoms with Gasteiger partial charge in [-0.2, -0.15) is 5.10 Å². The van der Waals surface area contributed by atoms with Gasteiger partial charge in [-0.3, -0.25) is 4.68 Å². The Kier molecular flexibility index (Phi) is 5.42. The third-order valence-corrected chi connectivity index (χ3v) is 4.96. The largest absolute Gasteiger partial charge is 0.378 e. The Morgan fingerprint density at radius 1 is 1.53 bits per heavy atom. The summed E-state index contributed by atoms with van der Waals surface area (Å²) < 4.78 is 8.96. The average Bonchev–Trinajstić information content (AvgIpc) is 2.65. The van der Waals surface area contributed by atoms with Crippen LogP contribution in [0.2, 0.25) is 0 Å². The summed E-state index contributed by atoms with van der Waals surface area (Å²) in [5.41, 5.74) is 2.31. The smallest absolute Gasteiger partial charge is 0.0738 e. The number of rotatable bonds is 5. The lowest BCUT2D eigenvalue weighted by Gasteiger charge is -2.27. The van der Waals surface area contributed by atoms with Crippen molar-refractivity contribution in [2.75, 3.05) is 13.7 Å². The van der Waals surface area contributed by atoms with Crippen molar-refractivity contribution >= 4 is 15.9 Å². The van der Waals surface area contributed by atoms with E-state index < -0.39 is 0 Å². The van der Waals surface area contributed by atoms with Crippen LogP contribution < -0.4 is 5.32 Å². The fraction of sp³-hybridized carbons (Fsp3) is 0.786. The first kappa shape index (κ1) is 15.0. The van der Waals surface area contributed by atoms with Crippen molar-refractivity contribution in [2.24, 2.45) is 7.05 Å². The Morgan fingerprint density at radius 3 is 2.84 bits per heavy atom. The first-order valence-electron chi connectivity index (χ1n) is 7.08. The molecule has 0 bridgehead atoms. The minimum absolute atomic E-state index is 0.416. The van der Waals surface area contributed by atoms with Gasteiger partial charge in [0.15, 0.2) is 0 Å². The molecule has 1 aromatic rings. The lowest BCUT2D eigenvalue weighted by Crippen LogP contribution is -2.34. The second-order valence-electron chi connectivity index (χ2n) is 5.38. The molecule has 108 valence electrons. The van der Waals surface area contributed by atoms with Gasteiger partial charge in [-0.15, -0.1) is 0 Å². The van der Waals surface area contributed by atoms with Gasteiger partial charge in [-0.05, 0) is 55.6 Å². The highest BCUT2D eigenvalue weighted by molar-refractivity contribution is 9.10. The molecule has 2 atom stereocenters. The van der Waals surface area contributed by atoms with E-state index in [0.29, 0.717) is 12.1 Å². The van der Waals surface area contributed by atoms with Crippen molar-refractivity contribution in [1.29, 1.82) is 0 Å². The van der Waals surface area contributed by atoms with Gasteiger partial charge in [0.25, 0.3) is 0 Å². The van der Waals surface area contributed by atoms with Crippen LogP contribution in [0.25, 0.3) is 0 Å². The zero-order valence-electron chi connectivity index (χ0n) is 12.1. The van der Waals surface area contributed by atoms with E-state index >= 15 is 0 Å². The molecule has 1 aliphatic rings. The molecule has 4 nitrogen and oxygen atoms in total. The predicted octanol–water partition coefficient (Wildman–Crippen LogP) is 2.58. The van der Waals surface area contributed by atoms with Crippen LogP contribution in [-0.4, -0.2) is 35.6 Å². The minimum Gasteiger partial charge on any atom is -0.378 e. The maximum Gasteiger partial charge on any atom is 0.0738 e.